The highest BCUT2D eigenvalue weighted by Gasteiger charge is 2.23. The van der Waals surface area contributed by atoms with E-state index in [1.165, 1.54) is 13.1 Å². The van der Waals surface area contributed by atoms with Crippen LogP contribution >= 0.6 is 0 Å². The third kappa shape index (κ3) is 7.21. The van der Waals surface area contributed by atoms with Crippen molar-refractivity contribution in [3.63, 3.8) is 0 Å². The Bertz CT molecular complexity index is 812. The smallest absolute Gasteiger partial charge is 0.407 e. The van der Waals surface area contributed by atoms with Crippen LogP contribution in [-0.4, -0.2) is 39.9 Å². The fourth-order valence-electron chi connectivity index (χ4n) is 2.00. The molecule has 0 saturated heterocycles. The monoisotopic (exact) mass is 366 g/mol. The molecular formula is C16H22N4O6. The van der Waals surface area contributed by atoms with Crippen molar-refractivity contribution >= 4 is 12.1 Å². The molecule has 0 aromatic carbocycles. The summed E-state index contributed by atoms with van der Waals surface area (Å²) in [5, 5.41) is 10.9. The average Bonchev–Trinajstić information content (AvgIpc) is 2.48. The maximum Gasteiger partial charge on any atom is 0.407 e. The molecule has 0 fully saturated rings. The molecule has 1 heterocycles. The van der Waals surface area contributed by atoms with Gasteiger partial charge in [-0.15, -0.1) is 0 Å². The van der Waals surface area contributed by atoms with Crippen LogP contribution in [0.3, 0.4) is 0 Å². The van der Waals surface area contributed by atoms with E-state index in [1.807, 2.05) is 0 Å². The van der Waals surface area contributed by atoms with Crippen LogP contribution in [0.4, 0.5) is 4.79 Å². The predicted octanol–water partition coefficient (Wildman–Crippen LogP) is 0.195. The SMILES string of the molecule is Cc1cn(C[C@H](CC(=O)OCC#N)NC(=O)OC(C)(C)C)c(=O)[nH]c1=O. The molecule has 0 saturated carbocycles. The van der Waals surface area contributed by atoms with Gasteiger partial charge in [0.05, 0.1) is 12.5 Å². The van der Waals surface area contributed by atoms with E-state index in [-0.39, 0.29) is 13.0 Å². The number of amides is 1. The lowest BCUT2D eigenvalue weighted by molar-refractivity contribution is -0.142. The van der Waals surface area contributed by atoms with Crippen LogP contribution in [0.5, 0.6) is 0 Å². The minimum Gasteiger partial charge on any atom is -0.450 e. The van der Waals surface area contributed by atoms with Gasteiger partial charge in [-0.25, -0.2) is 9.59 Å². The van der Waals surface area contributed by atoms with E-state index in [0.717, 1.165) is 4.57 Å². The second-order valence-corrected chi connectivity index (χ2v) is 6.59. The van der Waals surface area contributed by atoms with Gasteiger partial charge < -0.3 is 14.8 Å². The summed E-state index contributed by atoms with van der Waals surface area (Å²) in [7, 11) is 0. The number of ether oxygens (including phenoxy) is 2. The number of alkyl carbamates (subject to hydrolysis) is 1. The second kappa shape index (κ2) is 8.84. The van der Waals surface area contributed by atoms with Crippen LogP contribution < -0.4 is 16.6 Å². The molecule has 0 aliphatic carbocycles. The standard InChI is InChI=1S/C16H22N4O6/c1-10-8-20(14(23)19-13(10)22)9-11(7-12(21)25-6-5-17)18-15(24)26-16(2,3)4/h8,11H,6-7,9H2,1-4H3,(H,18,24)(H,19,22,23)/t11-/m0/s1. The van der Waals surface area contributed by atoms with Crippen molar-refractivity contribution in [3.05, 3.63) is 32.6 Å². The zero-order chi connectivity index (χ0) is 19.9. The molecule has 10 nitrogen and oxygen atoms in total. The van der Waals surface area contributed by atoms with Gasteiger partial charge in [0.25, 0.3) is 5.56 Å². The third-order valence-electron chi connectivity index (χ3n) is 3.04. The highest BCUT2D eigenvalue weighted by Crippen LogP contribution is 2.08. The number of H-pyrrole nitrogens is 1. The van der Waals surface area contributed by atoms with Crippen LogP contribution in [0.25, 0.3) is 0 Å². The lowest BCUT2D eigenvalue weighted by atomic mass is 10.2. The molecule has 1 aromatic heterocycles. The largest absolute Gasteiger partial charge is 0.450 e. The summed E-state index contributed by atoms with van der Waals surface area (Å²) in [5.41, 5.74) is -1.65. The first-order valence-electron chi connectivity index (χ1n) is 7.84. The van der Waals surface area contributed by atoms with Gasteiger partial charge in [-0.1, -0.05) is 0 Å². The molecule has 0 radical (unpaired) electrons. The number of nitriles is 1. The number of aromatic amines is 1. The number of carbonyl (C=O) groups is 2. The average molecular weight is 366 g/mol. The molecule has 1 aromatic rings. The first-order chi connectivity index (χ1) is 12.0. The Hall–Kier alpha value is -3.09. The zero-order valence-corrected chi connectivity index (χ0v) is 15.1. The molecule has 1 atom stereocenters. The van der Waals surface area contributed by atoms with Gasteiger partial charge in [-0.3, -0.25) is 19.1 Å². The number of nitrogens with zero attached hydrogens (tertiary/aromatic N) is 2. The molecule has 0 aliphatic rings. The number of aryl methyl sites for hydroxylation is 1. The Kier molecular flexibility index (Phi) is 7.13. The van der Waals surface area contributed by atoms with Crippen molar-refractivity contribution in [3.8, 4) is 6.07 Å². The van der Waals surface area contributed by atoms with E-state index in [1.54, 1.807) is 26.8 Å². The maximum atomic E-state index is 12.0. The van der Waals surface area contributed by atoms with Gasteiger partial charge in [0.15, 0.2) is 6.61 Å². The molecule has 142 valence electrons. The molecule has 2 N–H and O–H groups in total. The number of nitrogens with one attached hydrogen (secondary N) is 2. The molecule has 26 heavy (non-hydrogen) atoms. The highest BCUT2D eigenvalue weighted by molar-refractivity contribution is 5.73. The van der Waals surface area contributed by atoms with Crippen molar-refractivity contribution in [1.82, 2.24) is 14.9 Å². The van der Waals surface area contributed by atoms with Gasteiger partial charge in [0.1, 0.15) is 11.7 Å². The van der Waals surface area contributed by atoms with Crippen molar-refractivity contribution in [2.75, 3.05) is 6.61 Å². The Morgan fingerprint density at radius 1 is 1.38 bits per heavy atom. The number of hydrogen-bond acceptors (Lipinski definition) is 7. The summed E-state index contributed by atoms with van der Waals surface area (Å²) in [4.78, 5) is 49.2. The molecule has 0 spiro atoms. The number of esters is 1. The summed E-state index contributed by atoms with van der Waals surface area (Å²) in [6.07, 6.45) is 0.265. The quantitative estimate of drug-likeness (QED) is 0.684. The molecular weight excluding hydrogens is 344 g/mol. The van der Waals surface area contributed by atoms with E-state index in [9.17, 15) is 19.2 Å². The van der Waals surface area contributed by atoms with E-state index in [0.29, 0.717) is 5.56 Å². The molecule has 0 bridgehead atoms. The topological polar surface area (TPSA) is 143 Å². The summed E-state index contributed by atoms with van der Waals surface area (Å²) in [6, 6.07) is 0.818. The first-order valence-corrected chi connectivity index (χ1v) is 7.84. The number of hydrogen-bond donors (Lipinski definition) is 2. The molecule has 0 unspecified atom stereocenters. The Balaban J connectivity index is 2.96. The summed E-state index contributed by atoms with van der Waals surface area (Å²) >= 11 is 0. The highest BCUT2D eigenvalue weighted by atomic mass is 16.6. The van der Waals surface area contributed by atoms with E-state index in [4.69, 9.17) is 10.00 Å². The fourth-order valence-corrected chi connectivity index (χ4v) is 2.00. The van der Waals surface area contributed by atoms with E-state index < -0.39 is 41.6 Å². The van der Waals surface area contributed by atoms with Crippen molar-refractivity contribution < 1.29 is 19.1 Å². The molecule has 0 aliphatic heterocycles. The minimum atomic E-state index is -0.848. The van der Waals surface area contributed by atoms with Gasteiger partial charge in [-0.2, -0.15) is 5.26 Å². The zero-order valence-electron chi connectivity index (χ0n) is 15.1. The van der Waals surface area contributed by atoms with Gasteiger partial charge >= 0.3 is 17.8 Å². The van der Waals surface area contributed by atoms with Crippen LogP contribution in [0, 0.1) is 18.3 Å². The van der Waals surface area contributed by atoms with Crippen LogP contribution in [0.2, 0.25) is 0 Å². The third-order valence-corrected chi connectivity index (χ3v) is 3.04. The van der Waals surface area contributed by atoms with Crippen LogP contribution in [0.1, 0.15) is 32.8 Å². The number of aromatic nitrogens is 2. The number of carbonyl (C=O) groups excluding carboxylic acids is 2. The normalized spacial score (nSPS) is 12.0. The van der Waals surface area contributed by atoms with Crippen LogP contribution in [-0.2, 0) is 20.8 Å². The lowest BCUT2D eigenvalue weighted by Gasteiger charge is -2.23. The summed E-state index contributed by atoms with van der Waals surface area (Å²) in [6.45, 7) is 6.04. The maximum absolute atomic E-state index is 12.0. The summed E-state index contributed by atoms with van der Waals surface area (Å²) in [5.74, 6) is -0.721. The van der Waals surface area contributed by atoms with Crippen molar-refractivity contribution in [2.24, 2.45) is 0 Å². The van der Waals surface area contributed by atoms with Crippen molar-refractivity contribution in [2.45, 2.75) is 52.3 Å². The number of rotatable bonds is 6. The Morgan fingerprint density at radius 2 is 2.04 bits per heavy atom. The minimum absolute atomic E-state index is 0.0999. The predicted molar refractivity (Wildman–Crippen MR) is 90.4 cm³/mol. The first kappa shape index (κ1) is 21.0. The van der Waals surface area contributed by atoms with E-state index in [2.05, 4.69) is 15.0 Å². The molecule has 10 heteroatoms. The van der Waals surface area contributed by atoms with E-state index >= 15 is 0 Å². The van der Waals surface area contributed by atoms with Gasteiger partial charge in [-0.05, 0) is 27.7 Å². The van der Waals surface area contributed by atoms with Gasteiger partial charge in [0, 0.05) is 18.3 Å². The Labute approximate surface area is 149 Å². The molecule has 1 amide bonds. The summed E-state index contributed by atoms with van der Waals surface area (Å²) < 4.78 is 11.0. The van der Waals surface area contributed by atoms with Gasteiger partial charge in [0.2, 0.25) is 0 Å². The lowest BCUT2D eigenvalue weighted by Crippen LogP contribution is -2.45. The van der Waals surface area contributed by atoms with Crippen molar-refractivity contribution in [1.29, 1.82) is 5.26 Å². The molecule has 1 rings (SSSR count). The second-order valence-electron chi connectivity index (χ2n) is 6.59. The van der Waals surface area contributed by atoms with Crippen LogP contribution in [0.15, 0.2) is 15.8 Å². The Morgan fingerprint density at radius 3 is 2.62 bits per heavy atom. The fraction of sp³-hybridized carbons (Fsp3) is 0.562.